The van der Waals surface area contributed by atoms with Crippen LogP contribution in [0.1, 0.15) is 168 Å². The Balaban J connectivity index is 4.59. The molecule has 0 heterocycles. The van der Waals surface area contributed by atoms with Crippen molar-refractivity contribution in [3.05, 3.63) is 48.6 Å². The number of hydrogen-bond acceptors (Lipinski definition) is 8. The molecule has 0 rings (SSSR count). The molecule has 9 nitrogen and oxygen atoms in total. The van der Waals surface area contributed by atoms with Crippen LogP contribution in [-0.4, -0.2) is 70.0 Å². The van der Waals surface area contributed by atoms with Crippen molar-refractivity contribution in [2.45, 2.75) is 174 Å². The van der Waals surface area contributed by atoms with E-state index in [1.165, 1.54) is 141 Å². The summed E-state index contributed by atoms with van der Waals surface area (Å²) < 4.78 is 33.4. The zero-order valence-electron chi connectivity index (χ0n) is 35.2. The second kappa shape index (κ2) is 36.6. The molecule has 0 aromatic rings. The summed E-state index contributed by atoms with van der Waals surface area (Å²) in [7, 11) is 1.07. The number of likely N-dealkylation sites (N-methyl/N-ethyl adjacent to an activating group) is 1. The van der Waals surface area contributed by atoms with E-state index in [2.05, 4.69) is 13.8 Å². The Morgan fingerprint density at radius 3 is 1.41 bits per heavy atom. The molecule has 0 saturated carbocycles. The standard InChI is InChI=1S/C44H80NO8P/c1-6-8-10-12-14-16-18-20-22-24-26-28-30-32-34-36-43(46)50-40-42(41-52-54(48,49)51-39-38-45(3,4)5)53-44(47)37-35-33-31-29-27-25-23-21-19-17-15-13-11-9-7-2/h30-37,42H,6-29,38-41H2,1-5H3/b32-30-,33-31-,36-34-,37-35-/t42-/m1/s1. The first-order valence-electron chi connectivity index (χ1n) is 21.4. The normalized spacial score (nSPS) is 14.1. The number of unbranched alkanes of at least 4 members (excludes halogenated alkanes) is 22. The van der Waals surface area contributed by atoms with Gasteiger partial charge in [0.1, 0.15) is 19.8 Å². The van der Waals surface area contributed by atoms with E-state index in [-0.39, 0.29) is 13.2 Å². The summed E-state index contributed by atoms with van der Waals surface area (Å²) in [4.78, 5) is 37.2. The van der Waals surface area contributed by atoms with E-state index in [1.54, 1.807) is 18.2 Å². The van der Waals surface area contributed by atoms with Gasteiger partial charge in [0.15, 0.2) is 6.10 Å². The lowest BCUT2D eigenvalue weighted by Gasteiger charge is -2.28. The molecule has 2 atom stereocenters. The topological polar surface area (TPSA) is 111 Å². The van der Waals surface area contributed by atoms with Gasteiger partial charge < -0.3 is 27.9 Å². The fourth-order valence-electron chi connectivity index (χ4n) is 5.65. The molecule has 0 radical (unpaired) electrons. The van der Waals surface area contributed by atoms with Crippen molar-refractivity contribution < 1.29 is 42.1 Å². The average molecular weight is 782 g/mol. The minimum atomic E-state index is -4.67. The van der Waals surface area contributed by atoms with Crippen molar-refractivity contribution in [1.82, 2.24) is 0 Å². The molecule has 0 aromatic heterocycles. The minimum absolute atomic E-state index is 0.0600. The number of quaternary nitrogens is 1. The van der Waals surface area contributed by atoms with Crippen LogP contribution >= 0.6 is 7.82 Å². The second-order valence-electron chi connectivity index (χ2n) is 15.5. The molecule has 0 amide bonds. The first kappa shape index (κ1) is 52.0. The smallest absolute Gasteiger partial charge is 0.331 e. The molecule has 0 aromatic carbocycles. The van der Waals surface area contributed by atoms with E-state index < -0.39 is 32.5 Å². The van der Waals surface area contributed by atoms with Crippen molar-refractivity contribution in [1.29, 1.82) is 0 Å². The van der Waals surface area contributed by atoms with E-state index in [9.17, 15) is 19.0 Å². The Hall–Kier alpha value is -2.03. The van der Waals surface area contributed by atoms with Crippen LogP contribution in [0.4, 0.5) is 0 Å². The molecule has 0 fully saturated rings. The van der Waals surface area contributed by atoms with Gasteiger partial charge in [-0.2, -0.15) is 0 Å². The van der Waals surface area contributed by atoms with Gasteiger partial charge in [0.2, 0.25) is 0 Å². The maximum Gasteiger partial charge on any atom is 0.331 e. The van der Waals surface area contributed by atoms with Crippen LogP contribution < -0.4 is 4.89 Å². The summed E-state index contributed by atoms with van der Waals surface area (Å²) in [5.41, 5.74) is 0. The van der Waals surface area contributed by atoms with Crippen molar-refractivity contribution in [3.8, 4) is 0 Å². The lowest BCUT2D eigenvalue weighted by Crippen LogP contribution is -2.37. The van der Waals surface area contributed by atoms with Crippen LogP contribution in [0.15, 0.2) is 48.6 Å². The van der Waals surface area contributed by atoms with Crippen molar-refractivity contribution in [2.75, 3.05) is 47.5 Å². The molecule has 1 unspecified atom stereocenters. The Bertz CT molecular complexity index is 1070. The highest BCUT2D eigenvalue weighted by Gasteiger charge is 2.20. The Morgan fingerprint density at radius 2 is 0.981 bits per heavy atom. The number of rotatable bonds is 38. The largest absolute Gasteiger partial charge is 0.756 e. The molecule has 0 saturated heterocycles. The number of hydrogen-bond donors (Lipinski definition) is 0. The minimum Gasteiger partial charge on any atom is -0.756 e. The van der Waals surface area contributed by atoms with Crippen molar-refractivity contribution >= 4 is 19.8 Å². The zero-order chi connectivity index (χ0) is 40.0. The quantitative estimate of drug-likeness (QED) is 0.0152. The molecule has 0 aliphatic carbocycles. The lowest BCUT2D eigenvalue weighted by atomic mass is 10.1. The maximum atomic E-state index is 12.5. The summed E-state index contributed by atoms with van der Waals surface area (Å²) in [6.45, 7) is 3.96. The van der Waals surface area contributed by atoms with E-state index in [0.717, 1.165) is 25.7 Å². The number of esters is 2. The SMILES string of the molecule is CCCCCCCCCCCCC/C=C\C=C/C(=O)OC[C@H](COP(=O)([O-])OCC[N+](C)(C)C)OC(=O)/C=C\C=C/CCCCCCCCCCCCC. The number of nitrogens with zero attached hydrogens (tertiary/aromatic N) is 1. The van der Waals surface area contributed by atoms with Crippen LogP contribution in [-0.2, 0) is 32.7 Å². The molecule has 0 spiro atoms. The van der Waals surface area contributed by atoms with Gasteiger partial charge in [0, 0.05) is 12.2 Å². The Kier molecular flexibility index (Phi) is 35.2. The van der Waals surface area contributed by atoms with Crippen LogP contribution in [0, 0.1) is 0 Å². The fraction of sp³-hybridized carbons (Fsp3) is 0.773. The number of allylic oxidation sites excluding steroid dienone is 6. The summed E-state index contributed by atoms with van der Waals surface area (Å²) in [5.74, 6) is -1.34. The van der Waals surface area contributed by atoms with E-state index in [4.69, 9.17) is 18.5 Å². The molecule has 10 heteroatoms. The average Bonchev–Trinajstić information content (AvgIpc) is 3.12. The van der Waals surface area contributed by atoms with Gasteiger partial charge >= 0.3 is 11.9 Å². The predicted octanol–water partition coefficient (Wildman–Crippen LogP) is 11.3. The van der Waals surface area contributed by atoms with Gasteiger partial charge in [0.05, 0.1) is 27.7 Å². The van der Waals surface area contributed by atoms with Crippen molar-refractivity contribution in [3.63, 3.8) is 0 Å². The molecule has 0 aliphatic rings. The molecule has 0 N–H and O–H groups in total. The number of carbonyl (C=O) groups is 2. The lowest BCUT2D eigenvalue weighted by molar-refractivity contribution is -0.870. The second-order valence-corrected chi connectivity index (χ2v) is 16.9. The fourth-order valence-corrected chi connectivity index (χ4v) is 6.38. The first-order chi connectivity index (χ1) is 26.0. The van der Waals surface area contributed by atoms with Crippen LogP contribution in [0.25, 0.3) is 0 Å². The number of carbonyl (C=O) groups excluding carboxylic acids is 2. The van der Waals surface area contributed by atoms with Crippen LogP contribution in [0.2, 0.25) is 0 Å². The third-order valence-corrected chi connectivity index (χ3v) is 10.00. The number of phosphoric acid groups is 1. The van der Waals surface area contributed by atoms with Crippen LogP contribution in [0.3, 0.4) is 0 Å². The highest BCUT2D eigenvalue weighted by atomic mass is 31.2. The molecule has 54 heavy (non-hydrogen) atoms. The molecule has 0 aliphatic heterocycles. The molecular weight excluding hydrogens is 701 g/mol. The Labute approximate surface area is 331 Å². The van der Waals surface area contributed by atoms with Crippen molar-refractivity contribution in [2.24, 2.45) is 0 Å². The third kappa shape index (κ3) is 39.7. The van der Waals surface area contributed by atoms with E-state index in [0.29, 0.717) is 11.0 Å². The number of phosphoric ester groups is 1. The summed E-state index contributed by atoms with van der Waals surface area (Å²) >= 11 is 0. The van der Waals surface area contributed by atoms with Gasteiger partial charge in [-0.05, 0) is 25.7 Å². The molecular formula is C44H80NO8P. The highest BCUT2D eigenvalue weighted by molar-refractivity contribution is 7.45. The molecule has 0 bridgehead atoms. The van der Waals surface area contributed by atoms with E-state index >= 15 is 0 Å². The van der Waals surface area contributed by atoms with Gasteiger partial charge in [-0.15, -0.1) is 0 Å². The summed E-state index contributed by atoms with van der Waals surface area (Å²) in [6.07, 6.45) is 42.7. The molecule has 314 valence electrons. The monoisotopic (exact) mass is 782 g/mol. The van der Waals surface area contributed by atoms with Gasteiger partial charge in [-0.3, -0.25) is 4.57 Å². The summed E-state index contributed by atoms with van der Waals surface area (Å²) in [5, 5.41) is 0. The number of ether oxygens (including phenoxy) is 2. The van der Waals surface area contributed by atoms with Gasteiger partial charge in [-0.1, -0.05) is 179 Å². The third-order valence-electron chi connectivity index (χ3n) is 9.03. The van der Waals surface area contributed by atoms with Gasteiger partial charge in [0.25, 0.3) is 7.82 Å². The first-order valence-corrected chi connectivity index (χ1v) is 22.9. The maximum absolute atomic E-state index is 12.5. The predicted molar refractivity (Wildman–Crippen MR) is 222 cm³/mol. The summed E-state index contributed by atoms with van der Waals surface area (Å²) in [6, 6.07) is 0. The zero-order valence-corrected chi connectivity index (χ0v) is 36.0. The van der Waals surface area contributed by atoms with Crippen LogP contribution in [0.5, 0.6) is 0 Å². The van der Waals surface area contributed by atoms with Gasteiger partial charge in [-0.25, -0.2) is 9.59 Å². The highest BCUT2D eigenvalue weighted by Crippen LogP contribution is 2.38. The van der Waals surface area contributed by atoms with E-state index in [1.807, 2.05) is 39.4 Å². The Morgan fingerprint density at radius 1 is 0.574 bits per heavy atom.